The molecule has 0 unspecified atom stereocenters. The van der Waals surface area contributed by atoms with E-state index in [1.165, 1.54) is 11.9 Å². The molecule has 8 nitrogen and oxygen atoms in total. The van der Waals surface area contributed by atoms with Crippen LogP contribution in [0.15, 0.2) is 64.7 Å². The molecule has 0 fully saturated rings. The number of hydrogen-bond donors (Lipinski definition) is 2. The number of rotatable bonds is 8. The van der Waals surface area contributed by atoms with E-state index in [2.05, 4.69) is 11.6 Å². The standard InChI is InChI=1S/C24H25ClN4O4/c1-4-5-12-33-19-11-6-15(2)13-18(19)23(31)29(14-16-7-9-17(25)10-8-16)20-21(26)28(3)24(32)27-22(20)30/h4,6-11,13H,1,5,12,14,26H2,2-3H3,(H,27,30,32). The lowest BCUT2D eigenvalue weighted by Crippen LogP contribution is -2.40. The molecule has 9 heteroatoms. The van der Waals surface area contributed by atoms with Crippen molar-refractivity contribution in [3.8, 4) is 5.75 Å². The van der Waals surface area contributed by atoms with Crippen LogP contribution in [0.3, 0.4) is 0 Å². The van der Waals surface area contributed by atoms with E-state index in [-0.39, 0.29) is 23.6 Å². The van der Waals surface area contributed by atoms with Crippen LogP contribution in [-0.2, 0) is 13.6 Å². The third kappa shape index (κ3) is 5.35. The Hall–Kier alpha value is -3.78. The number of nitrogens with zero attached hydrogens (tertiary/aromatic N) is 2. The van der Waals surface area contributed by atoms with Crippen LogP contribution in [0.2, 0.25) is 5.02 Å². The van der Waals surface area contributed by atoms with Gasteiger partial charge in [-0.15, -0.1) is 6.58 Å². The van der Waals surface area contributed by atoms with Gasteiger partial charge in [0.2, 0.25) is 0 Å². The SMILES string of the molecule is C=CCCOc1ccc(C)cc1C(=O)N(Cc1ccc(Cl)cc1)c1c(N)n(C)c(=O)[nH]c1=O. The second kappa shape index (κ2) is 10.2. The van der Waals surface area contributed by atoms with E-state index in [1.54, 1.807) is 42.5 Å². The summed E-state index contributed by atoms with van der Waals surface area (Å²) >= 11 is 5.99. The molecule has 0 radical (unpaired) electrons. The molecule has 0 saturated carbocycles. The van der Waals surface area contributed by atoms with Crippen LogP contribution in [0.1, 0.15) is 27.9 Å². The highest BCUT2D eigenvalue weighted by molar-refractivity contribution is 6.30. The monoisotopic (exact) mass is 468 g/mol. The van der Waals surface area contributed by atoms with Gasteiger partial charge in [-0.1, -0.05) is 41.4 Å². The molecule has 2 aromatic carbocycles. The maximum absolute atomic E-state index is 13.8. The minimum Gasteiger partial charge on any atom is -0.492 e. The highest BCUT2D eigenvalue weighted by Gasteiger charge is 2.27. The number of nitrogens with one attached hydrogen (secondary N) is 1. The number of ether oxygens (including phenoxy) is 1. The quantitative estimate of drug-likeness (QED) is 0.388. The predicted molar refractivity (Wildman–Crippen MR) is 130 cm³/mol. The number of nitrogens with two attached hydrogens (primary N) is 1. The summed E-state index contributed by atoms with van der Waals surface area (Å²) in [5.74, 6) is -0.265. The fourth-order valence-electron chi connectivity index (χ4n) is 3.24. The number of aromatic nitrogens is 2. The normalized spacial score (nSPS) is 10.6. The molecule has 0 aliphatic carbocycles. The fraction of sp³-hybridized carbons (Fsp3) is 0.208. The first-order chi connectivity index (χ1) is 15.7. The van der Waals surface area contributed by atoms with Crippen molar-refractivity contribution in [2.75, 3.05) is 17.2 Å². The molecule has 3 aromatic rings. The first kappa shape index (κ1) is 23.9. The Kier molecular flexibility index (Phi) is 7.40. The number of aromatic amines is 1. The third-order valence-corrected chi connectivity index (χ3v) is 5.31. The van der Waals surface area contributed by atoms with Gasteiger partial charge in [-0.25, -0.2) is 4.79 Å². The van der Waals surface area contributed by atoms with Crippen LogP contribution in [0.25, 0.3) is 0 Å². The minimum atomic E-state index is -0.764. The lowest BCUT2D eigenvalue weighted by Gasteiger charge is -2.25. The van der Waals surface area contributed by atoms with Crippen LogP contribution >= 0.6 is 11.6 Å². The molecule has 1 heterocycles. The lowest BCUT2D eigenvalue weighted by molar-refractivity contribution is 0.0980. The van der Waals surface area contributed by atoms with E-state index in [0.717, 1.165) is 10.1 Å². The van der Waals surface area contributed by atoms with Crippen LogP contribution in [0.4, 0.5) is 11.5 Å². The zero-order valence-corrected chi connectivity index (χ0v) is 19.2. The molecule has 172 valence electrons. The first-order valence-corrected chi connectivity index (χ1v) is 10.6. The molecule has 3 rings (SSSR count). The Morgan fingerprint density at radius 3 is 2.61 bits per heavy atom. The number of H-pyrrole nitrogens is 1. The zero-order valence-electron chi connectivity index (χ0n) is 18.4. The molecule has 0 bridgehead atoms. The first-order valence-electron chi connectivity index (χ1n) is 10.2. The second-order valence-electron chi connectivity index (χ2n) is 7.50. The summed E-state index contributed by atoms with van der Waals surface area (Å²) in [5, 5.41) is 0.535. The van der Waals surface area contributed by atoms with E-state index in [4.69, 9.17) is 22.1 Å². The summed E-state index contributed by atoms with van der Waals surface area (Å²) in [6.07, 6.45) is 2.32. The Labute approximate surface area is 195 Å². The van der Waals surface area contributed by atoms with Crippen molar-refractivity contribution in [1.82, 2.24) is 9.55 Å². The maximum atomic E-state index is 13.8. The van der Waals surface area contributed by atoms with Gasteiger partial charge in [0, 0.05) is 12.1 Å². The van der Waals surface area contributed by atoms with E-state index < -0.39 is 17.2 Å². The number of benzene rings is 2. The largest absolute Gasteiger partial charge is 0.492 e. The predicted octanol–water partition coefficient (Wildman–Crippen LogP) is 3.42. The number of carbonyl (C=O) groups is 1. The van der Waals surface area contributed by atoms with Crippen molar-refractivity contribution in [2.24, 2.45) is 7.05 Å². The number of amides is 1. The van der Waals surface area contributed by atoms with E-state index in [0.29, 0.717) is 29.4 Å². The van der Waals surface area contributed by atoms with Crippen LogP contribution in [0.5, 0.6) is 5.75 Å². The lowest BCUT2D eigenvalue weighted by atomic mass is 10.1. The van der Waals surface area contributed by atoms with Crippen LogP contribution < -0.4 is 26.6 Å². The number of halogens is 1. The number of anilines is 2. The number of nitrogen functional groups attached to an aromatic ring is 1. The van der Waals surface area contributed by atoms with Gasteiger partial charge in [0.05, 0.1) is 18.7 Å². The van der Waals surface area contributed by atoms with Crippen molar-refractivity contribution in [1.29, 1.82) is 0 Å². The van der Waals surface area contributed by atoms with Gasteiger partial charge in [-0.05, 0) is 43.2 Å². The summed E-state index contributed by atoms with van der Waals surface area (Å²) in [6, 6.07) is 12.1. The average molecular weight is 469 g/mol. The molecule has 0 atom stereocenters. The molecule has 0 aliphatic rings. The molecular formula is C24H25ClN4O4. The van der Waals surface area contributed by atoms with Gasteiger partial charge in [0.15, 0.2) is 5.69 Å². The summed E-state index contributed by atoms with van der Waals surface area (Å²) in [7, 11) is 1.42. The molecule has 0 aliphatic heterocycles. The van der Waals surface area contributed by atoms with Gasteiger partial charge in [-0.2, -0.15) is 0 Å². The summed E-state index contributed by atoms with van der Waals surface area (Å²) in [4.78, 5) is 42.1. The second-order valence-corrected chi connectivity index (χ2v) is 7.93. The third-order valence-electron chi connectivity index (χ3n) is 5.06. The zero-order chi connectivity index (χ0) is 24.1. The Balaban J connectivity index is 2.16. The maximum Gasteiger partial charge on any atom is 0.329 e. The van der Waals surface area contributed by atoms with E-state index in [1.807, 2.05) is 13.0 Å². The Bertz CT molecular complexity index is 1300. The smallest absolute Gasteiger partial charge is 0.329 e. The molecule has 0 spiro atoms. The van der Waals surface area contributed by atoms with Crippen molar-refractivity contribution in [3.05, 3.63) is 97.7 Å². The number of carbonyl (C=O) groups excluding carboxylic acids is 1. The Morgan fingerprint density at radius 2 is 1.94 bits per heavy atom. The Morgan fingerprint density at radius 1 is 1.24 bits per heavy atom. The highest BCUT2D eigenvalue weighted by Crippen LogP contribution is 2.27. The van der Waals surface area contributed by atoms with Crippen molar-refractivity contribution in [2.45, 2.75) is 19.9 Å². The van der Waals surface area contributed by atoms with Crippen molar-refractivity contribution < 1.29 is 9.53 Å². The van der Waals surface area contributed by atoms with Gasteiger partial charge in [-0.3, -0.25) is 24.0 Å². The van der Waals surface area contributed by atoms with Gasteiger partial charge in [0.1, 0.15) is 11.6 Å². The van der Waals surface area contributed by atoms with E-state index in [9.17, 15) is 14.4 Å². The van der Waals surface area contributed by atoms with Crippen molar-refractivity contribution >= 4 is 29.0 Å². The summed E-state index contributed by atoms with van der Waals surface area (Å²) in [5.41, 5.74) is 6.37. The van der Waals surface area contributed by atoms with Gasteiger partial charge in [0.25, 0.3) is 11.5 Å². The van der Waals surface area contributed by atoms with Crippen LogP contribution in [-0.4, -0.2) is 22.1 Å². The minimum absolute atomic E-state index is 0.0154. The number of hydrogen-bond acceptors (Lipinski definition) is 5. The molecule has 3 N–H and O–H groups in total. The molecule has 0 saturated heterocycles. The summed E-state index contributed by atoms with van der Waals surface area (Å²) in [6.45, 7) is 5.88. The summed E-state index contributed by atoms with van der Waals surface area (Å²) < 4.78 is 6.88. The molecule has 33 heavy (non-hydrogen) atoms. The topological polar surface area (TPSA) is 110 Å². The fourth-order valence-corrected chi connectivity index (χ4v) is 3.37. The molecule has 1 amide bonds. The molecular weight excluding hydrogens is 444 g/mol. The van der Waals surface area contributed by atoms with Crippen LogP contribution in [0, 0.1) is 6.92 Å². The highest BCUT2D eigenvalue weighted by atomic mass is 35.5. The van der Waals surface area contributed by atoms with Crippen molar-refractivity contribution in [3.63, 3.8) is 0 Å². The molecule has 1 aromatic heterocycles. The average Bonchev–Trinajstić information content (AvgIpc) is 2.79. The van der Waals surface area contributed by atoms with Gasteiger partial charge >= 0.3 is 5.69 Å². The van der Waals surface area contributed by atoms with Gasteiger partial charge < -0.3 is 10.5 Å². The van der Waals surface area contributed by atoms with E-state index >= 15 is 0 Å². The number of aryl methyl sites for hydroxylation is 1.